The lowest BCUT2D eigenvalue weighted by atomic mass is 9.91. The average Bonchev–Trinajstić information content (AvgIpc) is 2.65. The van der Waals surface area contributed by atoms with E-state index in [2.05, 4.69) is 36.3 Å². The Morgan fingerprint density at radius 1 is 1.41 bits per heavy atom. The maximum absolute atomic E-state index is 11.6. The maximum atomic E-state index is 11.6. The van der Waals surface area contributed by atoms with Gasteiger partial charge in [0.25, 0.3) is 0 Å². The summed E-state index contributed by atoms with van der Waals surface area (Å²) in [6, 6.07) is 0. The van der Waals surface area contributed by atoms with Crippen molar-refractivity contribution in [3.63, 3.8) is 0 Å². The second kappa shape index (κ2) is 5.58. The maximum Gasteiger partial charge on any atom is 0.226 e. The summed E-state index contributed by atoms with van der Waals surface area (Å²) in [4.78, 5) is 11.6. The van der Waals surface area contributed by atoms with Gasteiger partial charge in [0.1, 0.15) is 5.01 Å². The number of hydrogen-bond donors (Lipinski definition) is 1. The van der Waals surface area contributed by atoms with Crippen molar-refractivity contribution in [2.24, 2.45) is 5.92 Å². The number of carbonyl (C=O) groups is 1. The Bertz CT molecular complexity index is 385. The molecule has 96 valence electrons. The average molecular weight is 255 g/mol. The van der Waals surface area contributed by atoms with Crippen molar-refractivity contribution in [2.75, 3.05) is 5.32 Å². The molecule has 0 spiro atoms. The van der Waals surface area contributed by atoms with Gasteiger partial charge in [0.2, 0.25) is 11.0 Å². The minimum Gasteiger partial charge on any atom is -0.301 e. The molecule has 0 fully saturated rings. The summed E-state index contributed by atoms with van der Waals surface area (Å²) in [5, 5.41) is 12.5. The molecule has 17 heavy (non-hydrogen) atoms. The highest BCUT2D eigenvalue weighted by Crippen LogP contribution is 2.30. The molecule has 0 radical (unpaired) electrons. The van der Waals surface area contributed by atoms with Gasteiger partial charge in [-0.2, -0.15) is 0 Å². The summed E-state index contributed by atoms with van der Waals surface area (Å²) in [7, 11) is 0. The van der Waals surface area contributed by atoms with Crippen LogP contribution in [0.5, 0.6) is 0 Å². The van der Waals surface area contributed by atoms with Crippen LogP contribution in [0.25, 0.3) is 0 Å². The lowest BCUT2D eigenvalue weighted by Gasteiger charge is -2.17. The SMILES string of the molecule is CCC(C)(C)c1nnc(NC(=O)CC(C)C)s1. The van der Waals surface area contributed by atoms with Gasteiger partial charge in [0.15, 0.2) is 0 Å². The van der Waals surface area contributed by atoms with Gasteiger partial charge in [-0.25, -0.2) is 0 Å². The topological polar surface area (TPSA) is 54.9 Å². The molecule has 0 bridgehead atoms. The van der Waals surface area contributed by atoms with Crippen molar-refractivity contribution in [3.05, 3.63) is 5.01 Å². The van der Waals surface area contributed by atoms with Gasteiger partial charge in [-0.05, 0) is 12.3 Å². The summed E-state index contributed by atoms with van der Waals surface area (Å²) in [5.74, 6) is 0.367. The molecule has 1 aromatic rings. The van der Waals surface area contributed by atoms with Crippen LogP contribution in [-0.2, 0) is 10.2 Å². The fraction of sp³-hybridized carbons (Fsp3) is 0.750. The van der Waals surface area contributed by atoms with Crippen molar-refractivity contribution < 1.29 is 4.79 Å². The van der Waals surface area contributed by atoms with Crippen molar-refractivity contribution in [1.82, 2.24) is 10.2 Å². The summed E-state index contributed by atoms with van der Waals surface area (Å²) < 4.78 is 0. The normalized spacial score (nSPS) is 11.9. The molecule has 1 N–H and O–H groups in total. The van der Waals surface area contributed by atoms with Gasteiger partial charge in [-0.3, -0.25) is 4.79 Å². The molecule has 0 aliphatic heterocycles. The number of rotatable bonds is 5. The van der Waals surface area contributed by atoms with E-state index in [0.29, 0.717) is 17.5 Å². The monoisotopic (exact) mass is 255 g/mol. The lowest BCUT2D eigenvalue weighted by Crippen LogP contribution is -2.14. The summed E-state index contributed by atoms with van der Waals surface area (Å²) >= 11 is 1.47. The first kappa shape index (κ1) is 14.1. The zero-order chi connectivity index (χ0) is 13.1. The van der Waals surface area contributed by atoms with Crippen LogP contribution < -0.4 is 5.32 Å². The zero-order valence-corrected chi connectivity index (χ0v) is 12.0. The molecule has 0 unspecified atom stereocenters. The summed E-state index contributed by atoms with van der Waals surface area (Å²) in [5.41, 5.74) is 0.0265. The predicted octanol–water partition coefficient (Wildman–Crippen LogP) is 3.21. The largest absolute Gasteiger partial charge is 0.301 e. The Morgan fingerprint density at radius 2 is 2.06 bits per heavy atom. The predicted molar refractivity (Wildman–Crippen MR) is 71.3 cm³/mol. The van der Waals surface area contributed by atoms with Crippen molar-refractivity contribution in [2.45, 2.75) is 52.9 Å². The molecule has 4 nitrogen and oxygen atoms in total. The number of carbonyl (C=O) groups excluding carboxylic acids is 1. The summed E-state index contributed by atoms with van der Waals surface area (Å²) in [6.07, 6.45) is 1.52. The number of amides is 1. The quantitative estimate of drug-likeness (QED) is 0.879. The molecule has 1 heterocycles. The number of hydrogen-bond acceptors (Lipinski definition) is 4. The third-order valence-corrected chi connectivity index (χ3v) is 3.93. The van der Waals surface area contributed by atoms with Gasteiger partial charge in [-0.15, -0.1) is 10.2 Å². The third kappa shape index (κ3) is 4.07. The highest BCUT2D eigenvalue weighted by molar-refractivity contribution is 7.15. The van der Waals surface area contributed by atoms with Crippen LogP contribution in [0.4, 0.5) is 5.13 Å². The van der Waals surface area contributed by atoms with Crippen LogP contribution in [0, 0.1) is 5.92 Å². The lowest BCUT2D eigenvalue weighted by molar-refractivity contribution is -0.116. The molecule has 1 aromatic heterocycles. The van der Waals surface area contributed by atoms with Gasteiger partial charge in [-0.1, -0.05) is 46.0 Å². The fourth-order valence-electron chi connectivity index (χ4n) is 1.24. The van der Waals surface area contributed by atoms with E-state index in [9.17, 15) is 4.79 Å². The summed E-state index contributed by atoms with van der Waals surface area (Å²) in [6.45, 7) is 10.4. The van der Waals surface area contributed by atoms with E-state index < -0.39 is 0 Å². The minimum atomic E-state index is 0.0111. The first-order chi connectivity index (χ1) is 7.85. The van der Waals surface area contributed by atoms with E-state index in [0.717, 1.165) is 11.4 Å². The molecule has 0 saturated carbocycles. The van der Waals surface area contributed by atoms with E-state index in [4.69, 9.17) is 0 Å². The highest BCUT2D eigenvalue weighted by atomic mass is 32.1. The third-order valence-electron chi connectivity index (χ3n) is 2.73. The van der Waals surface area contributed by atoms with E-state index >= 15 is 0 Å². The fourth-order valence-corrected chi connectivity index (χ4v) is 2.17. The van der Waals surface area contributed by atoms with E-state index in [-0.39, 0.29) is 11.3 Å². The van der Waals surface area contributed by atoms with Crippen LogP contribution in [0.3, 0.4) is 0 Å². The molecule has 0 saturated heterocycles. The standard InChI is InChI=1S/C12H21N3OS/c1-6-12(4,5)10-14-15-11(17-10)13-9(16)7-8(2)3/h8H,6-7H2,1-5H3,(H,13,15,16). The van der Waals surface area contributed by atoms with Crippen LogP contribution in [0.2, 0.25) is 0 Å². The molecule has 0 aliphatic rings. The molecule has 5 heteroatoms. The Hall–Kier alpha value is -0.970. The second-order valence-electron chi connectivity index (χ2n) is 5.30. The van der Waals surface area contributed by atoms with Gasteiger partial charge in [0, 0.05) is 11.8 Å². The molecular formula is C12H21N3OS. The van der Waals surface area contributed by atoms with Crippen LogP contribution in [-0.4, -0.2) is 16.1 Å². The zero-order valence-electron chi connectivity index (χ0n) is 11.2. The van der Waals surface area contributed by atoms with E-state index in [1.165, 1.54) is 11.3 Å². The molecule has 0 aliphatic carbocycles. The Kier molecular flexibility index (Phi) is 4.62. The number of anilines is 1. The first-order valence-corrected chi connectivity index (χ1v) is 6.80. The molecule has 0 aromatic carbocycles. The first-order valence-electron chi connectivity index (χ1n) is 5.99. The Balaban J connectivity index is 2.66. The van der Waals surface area contributed by atoms with Crippen molar-refractivity contribution >= 4 is 22.4 Å². The van der Waals surface area contributed by atoms with E-state index in [1.54, 1.807) is 0 Å². The Labute approximate surface area is 107 Å². The van der Waals surface area contributed by atoms with Gasteiger partial charge < -0.3 is 5.32 Å². The number of aromatic nitrogens is 2. The van der Waals surface area contributed by atoms with Crippen molar-refractivity contribution in [1.29, 1.82) is 0 Å². The van der Waals surface area contributed by atoms with Gasteiger partial charge >= 0.3 is 0 Å². The smallest absolute Gasteiger partial charge is 0.226 e. The van der Waals surface area contributed by atoms with Crippen molar-refractivity contribution in [3.8, 4) is 0 Å². The minimum absolute atomic E-state index is 0.0111. The molecule has 1 rings (SSSR count). The molecular weight excluding hydrogens is 234 g/mol. The number of nitrogens with zero attached hydrogens (tertiary/aromatic N) is 2. The van der Waals surface area contributed by atoms with Crippen LogP contribution in [0.15, 0.2) is 0 Å². The van der Waals surface area contributed by atoms with Gasteiger partial charge in [0.05, 0.1) is 0 Å². The number of nitrogens with one attached hydrogen (secondary N) is 1. The van der Waals surface area contributed by atoms with E-state index in [1.807, 2.05) is 13.8 Å². The van der Waals surface area contributed by atoms with Crippen LogP contribution >= 0.6 is 11.3 Å². The second-order valence-corrected chi connectivity index (χ2v) is 6.27. The molecule has 1 amide bonds. The molecule has 0 atom stereocenters. The van der Waals surface area contributed by atoms with Crippen LogP contribution in [0.1, 0.15) is 52.5 Å². The highest BCUT2D eigenvalue weighted by Gasteiger charge is 2.23. The Morgan fingerprint density at radius 3 is 2.59 bits per heavy atom.